The zero-order valence-corrected chi connectivity index (χ0v) is 14.6. The Balaban J connectivity index is 2.38. The Hall–Kier alpha value is -1.68. The molecule has 2 N–H and O–H groups in total. The fourth-order valence-electron chi connectivity index (χ4n) is 2.81. The van der Waals surface area contributed by atoms with Gasteiger partial charge in [-0.25, -0.2) is 0 Å². The second-order valence-electron chi connectivity index (χ2n) is 6.39. The standard InChI is InChI=1S/C20H30O4/c1-2-3-6-9-17(21)14-12-16-13-15-19(22)18(16)10-7-4-5-8-11-20(23)24/h4,7,12-18,21H,2-3,5-6,8-11H2,1H3,(H,23,24)/b7-4+,14-12-/t16-,17-,18+/m0/s1. The first-order valence-electron chi connectivity index (χ1n) is 8.99. The van der Waals surface area contributed by atoms with Crippen LogP contribution in [0.25, 0.3) is 0 Å². The van der Waals surface area contributed by atoms with E-state index in [1.807, 2.05) is 30.4 Å². The van der Waals surface area contributed by atoms with Gasteiger partial charge in [-0.1, -0.05) is 56.6 Å². The van der Waals surface area contributed by atoms with Gasteiger partial charge in [0, 0.05) is 18.3 Å². The summed E-state index contributed by atoms with van der Waals surface area (Å²) in [6, 6.07) is 0. The average molecular weight is 334 g/mol. The third-order valence-electron chi connectivity index (χ3n) is 4.29. The molecule has 0 spiro atoms. The highest BCUT2D eigenvalue weighted by Crippen LogP contribution is 2.27. The number of carbonyl (C=O) groups excluding carboxylic acids is 1. The van der Waals surface area contributed by atoms with Gasteiger partial charge < -0.3 is 10.2 Å². The lowest BCUT2D eigenvalue weighted by molar-refractivity contribution is -0.137. The van der Waals surface area contributed by atoms with E-state index in [0.717, 1.165) is 32.1 Å². The molecular weight excluding hydrogens is 304 g/mol. The van der Waals surface area contributed by atoms with Gasteiger partial charge in [0.2, 0.25) is 0 Å². The van der Waals surface area contributed by atoms with Gasteiger partial charge in [-0.2, -0.15) is 0 Å². The maximum absolute atomic E-state index is 12.0. The summed E-state index contributed by atoms with van der Waals surface area (Å²) in [7, 11) is 0. The molecule has 1 aliphatic rings. The average Bonchev–Trinajstić information content (AvgIpc) is 2.89. The lowest BCUT2D eigenvalue weighted by Gasteiger charge is -2.13. The molecule has 0 aromatic rings. The van der Waals surface area contributed by atoms with Crippen molar-refractivity contribution in [3.05, 3.63) is 36.5 Å². The number of carboxylic acids is 1. The first kappa shape index (κ1) is 20.4. The number of rotatable bonds is 12. The van der Waals surface area contributed by atoms with Gasteiger partial charge >= 0.3 is 5.97 Å². The Morgan fingerprint density at radius 2 is 2.08 bits per heavy atom. The monoisotopic (exact) mass is 334 g/mol. The molecule has 4 nitrogen and oxygen atoms in total. The maximum atomic E-state index is 12.0. The van der Waals surface area contributed by atoms with Crippen LogP contribution in [0.1, 0.15) is 58.3 Å². The molecule has 0 amide bonds. The largest absolute Gasteiger partial charge is 0.481 e. The minimum Gasteiger partial charge on any atom is -0.481 e. The fourth-order valence-corrected chi connectivity index (χ4v) is 2.81. The van der Waals surface area contributed by atoms with Crippen LogP contribution in [0, 0.1) is 11.8 Å². The smallest absolute Gasteiger partial charge is 0.303 e. The summed E-state index contributed by atoms with van der Waals surface area (Å²) in [6.45, 7) is 2.14. The number of hydrogen-bond donors (Lipinski definition) is 2. The maximum Gasteiger partial charge on any atom is 0.303 e. The highest BCUT2D eigenvalue weighted by Gasteiger charge is 2.27. The van der Waals surface area contributed by atoms with Gasteiger partial charge in [-0.15, -0.1) is 0 Å². The third kappa shape index (κ3) is 8.25. The minimum absolute atomic E-state index is 0.0435. The van der Waals surface area contributed by atoms with Crippen molar-refractivity contribution in [2.45, 2.75) is 64.4 Å². The Morgan fingerprint density at radius 3 is 2.79 bits per heavy atom. The molecule has 1 aliphatic carbocycles. The van der Waals surface area contributed by atoms with E-state index in [-0.39, 0.29) is 24.0 Å². The van der Waals surface area contributed by atoms with Gasteiger partial charge in [0.05, 0.1) is 6.10 Å². The number of unbranched alkanes of at least 4 members (excludes halogenated alkanes) is 3. The molecule has 0 saturated heterocycles. The molecule has 1 rings (SSSR count). The first-order valence-corrected chi connectivity index (χ1v) is 8.99. The zero-order chi connectivity index (χ0) is 17.8. The van der Waals surface area contributed by atoms with Crippen molar-refractivity contribution >= 4 is 11.8 Å². The van der Waals surface area contributed by atoms with Gasteiger partial charge in [0.15, 0.2) is 5.78 Å². The van der Waals surface area contributed by atoms with Crippen LogP contribution in [-0.2, 0) is 9.59 Å². The van der Waals surface area contributed by atoms with Crippen LogP contribution in [0.4, 0.5) is 0 Å². The molecule has 0 aromatic carbocycles. The van der Waals surface area contributed by atoms with E-state index in [2.05, 4.69) is 6.92 Å². The number of aliphatic hydroxyl groups is 1. The predicted molar refractivity (Wildman–Crippen MR) is 95.7 cm³/mol. The van der Waals surface area contributed by atoms with Crippen molar-refractivity contribution in [1.29, 1.82) is 0 Å². The molecule has 0 aliphatic heterocycles. The number of carbonyl (C=O) groups is 2. The summed E-state index contributed by atoms with van der Waals surface area (Å²) in [4.78, 5) is 22.4. The fraction of sp³-hybridized carbons (Fsp3) is 0.600. The molecule has 24 heavy (non-hydrogen) atoms. The van der Waals surface area contributed by atoms with Crippen molar-refractivity contribution in [1.82, 2.24) is 0 Å². The molecule has 0 saturated carbocycles. The van der Waals surface area contributed by atoms with Crippen LogP contribution in [0.15, 0.2) is 36.5 Å². The molecule has 3 atom stereocenters. The van der Waals surface area contributed by atoms with Crippen LogP contribution in [-0.4, -0.2) is 28.1 Å². The normalized spacial score (nSPS) is 22.0. The number of aliphatic carboxylic acids is 1. The quantitative estimate of drug-likeness (QED) is 0.417. The van der Waals surface area contributed by atoms with Crippen LogP contribution < -0.4 is 0 Å². The molecule has 0 radical (unpaired) electrons. The predicted octanol–water partition coefficient (Wildman–Crippen LogP) is 4.06. The van der Waals surface area contributed by atoms with Gasteiger partial charge in [0.25, 0.3) is 0 Å². The summed E-state index contributed by atoms with van der Waals surface area (Å²) in [6.07, 6.45) is 17.0. The summed E-state index contributed by atoms with van der Waals surface area (Å²) in [5, 5.41) is 18.5. The topological polar surface area (TPSA) is 74.6 Å². The van der Waals surface area contributed by atoms with Crippen molar-refractivity contribution in [2.24, 2.45) is 11.8 Å². The van der Waals surface area contributed by atoms with Crippen molar-refractivity contribution in [3.8, 4) is 0 Å². The van der Waals surface area contributed by atoms with Crippen LogP contribution in [0.3, 0.4) is 0 Å². The second-order valence-corrected chi connectivity index (χ2v) is 6.39. The van der Waals surface area contributed by atoms with E-state index in [1.165, 1.54) is 0 Å². The van der Waals surface area contributed by atoms with Crippen LogP contribution in [0.5, 0.6) is 0 Å². The lowest BCUT2D eigenvalue weighted by atomic mass is 9.90. The number of carboxylic acid groups (broad SMARTS) is 1. The van der Waals surface area contributed by atoms with E-state index < -0.39 is 12.1 Å². The van der Waals surface area contributed by atoms with Gasteiger partial charge in [-0.3, -0.25) is 9.59 Å². The Morgan fingerprint density at radius 1 is 1.29 bits per heavy atom. The summed E-state index contributed by atoms with van der Waals surface area (Å²) >= 11 is 0. The first-order chi connectivity index (χ1) is 11.5. The number of allylic oxidation sites excluding steroid dienone is 5. The summed E-state index contributed by atoms with van der Waals surface area (Å²) < 4.78 is 0. The molecule has 0 unspecified atom stereocenters. The Kier molecular flexibility index (Phi) is 10.0. The Labute approximate surface area is 145 Å². The van der Waals surface area contributed by atoms with Crippen LogP contribution >= 0.6 is 0 Å². The van der Waals surface area contributed by atoms with Crippen LogP contribution in [0.2, 0.25) is 0 Å². The highest BCUT2D eigenvalue weighted by atomic mass is 16.4. The van der Waals surface area contributed by atoms with E-state index in [0.29, 0.717) is 12.8 Å². The van der Waals surface area contributed by atoms with Gasteiger partial charge in [0.1, 0.15) is 0 Å². The van der Waals surface area contributed by atoms with E-state index in [9.17, 15) is 14.7 Å². The van der Waals surface area contributed by atoms with E-state index in [1.54, 1.807) is 6.08 Å². The Bertz CT molecular complexity index is 476. The molecule has 134 valence electrons. The third-order valence-corrected chi connectivity index (χ3v) is 4.29. The molecule has 0 heterocycles. The zero-order valence-electron chi connectivity index (χ0n) is 14.6. The SMILES string of the molecule is CCCCC[C@H](O)/C=C\[C@H]1C=CC(=O)[C@@H]1C/C=C/CCCC(=O)O. The minimum atomic E-state index is -0.777. The van der Waals surface area contributed by atoms with Crippen molar-refractivity contribution in [2.75, 3.05) is 0 Å². The molecular formula is C20H30O4. The highest BCUT2D eigenvalue weighted by molar-refractivity contribution is 5.95. The number of ketones is 1. The molecule has 4 heteroatoms. The van der Waals surface area contributed by atoms with Gasteiger partial charge in [-0.05, 0) is 31.8 Å². The van der Waals surface area contributed by atoms with Crippen molar-refractivity contribution < 1.29 is 19.8 Å². The van der Waals surface area contributed by atoms with E-state index >= 15 is 0 Å². The van der Waals surface area contributed by atoms with Crippen molar-refractivity contribution in [3.63, 3.8) is 0 Å². The second kappa shape index (κ2) is 11.8. The number of hydrogen-bond acceptors (Lipinski definition) is 3. The van der Waals surface area contributed by atoms with E-state index in [4.69, 9.17) is 5.11 Å². The number of aliphatic hydroxyl groups excluding tert-OH is 1. The molecule has 0 fully saturated rings. The summed E-state index contributed by atoms with van der Waals surface area (Å²) in [5.41, 5.74) is 0. The molecule has 0 bridgehead atoms. The molecule has 0 aromatic heterocycles. The summed E-state index contributed by atoms with van der Waals surface area (Å²) in [5.74, 6) is -0.705. The lowest BCUT2D eigenvalue weighted by Crippen LogP contribution is -2.14.